The molecule has 10 heteroatoms. The number of aryl methyl sites for hydroxylation is 1. The summed E-state index contributed by atoms with van der Waals surface area (Å²) in [4.78, 5) is 32.4. The molecule has 4 aromatic rings. The Bertz CT molecular complexity index is 1740. The molecule has 7 rings (SSSR count). The zero-order valence-electron chi connectivity index (χ0n) is 23.4. The number of anilines is 1. The number of hydrazone groups is 1. The number of likely N-dealkylation sites (tertiary alicyclic amines) is 1. The number of amides is 1. The number of fused-ring (bicyclic) bond motifs is 2. The minimum absolute atomic E-state index is 0.00260. The topological polar surface area (TPSA) is 89.3 Å². The summed E-state index contributed by atoms with van der Waals surface area (Å²) in [6.07, 6.45) is 6.83. The molecular weight excluding hydrogens is 598 g/mol. The summed E-state index contributed by atoms with van der Waals surface area (Å²) in [5.41, 5.74) is 3.81. The number of halogens is 1. The minimum Gasteiger partial charge on any atom is -0.466 e. The lowest BCUT2D eigenvalue weighted by molar-refractivity contribution is -0.117. The smallest absolute Gasteiger partial charge is 0.339 e. The van der Waals surface area contributed by atoms with E-state index < -0.39 is 11.6 Å². The Morgan fingerprint density at radius 1 is 1.12 bits per heavy atom. The maximum absolute atomic E-state index is 13.1. The number of pyridine rings is 1. The number of hydrogen-bond acceptors (Lipinski definition) is 7. The number of carbonyl (C=O) groups is 2. The van der Waals surface area contributed by atoms with Crippen molar-refractivity contribution in [3.63, 3.8) is 0 Å². The second-order valence-corrected chi connectivity index (χ2v) is 12.3. The van der Waals surface area contributed by atoms with Gasteiger partial charge in [-0.25, -0.2) is 4.79 Å². The third-order valence-electron chi connectivity index (χ3n) is 8.61. The lowest BCUT2D eigenvalue weighted by Gasteiger charge is -2.53. The maximum Gasteiger partial charge on any atom is 0.339 e. The molecular formula is C32H30BrN5O4. The number of aromatic nitrogens is 2. The molecule has 0 radical (unpaired) electrons. The molecule has 3 atom stereocenters. The average molecular weight is 629 g/mol. The zero-order valence-corrected chi connectivity index (χ0v) is 25.0. The van der Waals surface area contributed by atoms with Crippen LogP contribution in [0, 0.1) is 5.92 Å². The Kier molecular flexibility index (Phi) is 6.62. The standard InChI is InChI=1S/C32H30BrN5O4/c1-36-18-22-12-27-32(25-9-6-10-26(36)30(22)25,42-28-13-29(39)38(35-28)24-7-4-3-5-8-24)14-20(17-37(27)2)19-41-31(40)21-11-23(33)16-34-15-21/h3-11,15-16,18,20,27H,12-14,17,19H2,1-2H3/t20-,27-,32+/m1/s1. The number of esters is 1. The van der Waals surface area contributed by atoms with Crippen molar-refractivity contribution >= 4 is 50.3 Å². The van der Waals surface area contributed by atoms with Crippen molar-refractivity contribution in [3.05, 3.63) is 94.4 Å². The van der Waals surface area contributed by atoms with Crippen LogP contribution in [0.1, 0.15) is 34.3 Å². The second kappa shape index (κ2) is 10.4. The average Bonchev–Trinajstić information content (AvgIpc) is 3.52. The van der Waals surface area contributed by atoms with E-state index in [-0.39, 0.29) is 30.9 Å². The fourth-order valence-electron chi connectivity index (χ4n) is 6.91. The molecule has 1 amide bonds. The van der Waals surface area contributed by atoms with E-state index >= 15 is 0 Å². The van der Waals surface area contributed by atoms with E-state index in [1.165, 1.54) is 22.2 Å². The first kappa shape index (κ1) is 26.9. The van der Waals surface area contributed by atoms with Crippen LogP contribution < -0.4 is 5.01 Å². The Balaban J connectivity index is 1.25. The number of rotatable bonds is 5. The number of carbonyl (C=O) groups excluding carboxylic acids is 2. The van der Waals surface area contributed by atoms with Gasteiger partial charge in [0.25, 0.3) is 5.91 Å². The molecule has 1 aliphatic carbocycles. The number of nitrogens with zero attached hydrogens (tertiary/aromatic N) is 5. The van der Waals surface area contributed by atoms with Gasteiger partial charge in [0.15, 0.2) is 5.60 Å². The van der Waals surface area contributed by atoms with E-state index in [0.717, 1.165) is 28.5 Å². The highest BCUT2D eigenvalue weighted by atomic mass is 79.9. The summed E-state index contributed by atoms with van der Waals surface area (Å²) in [7, 11) is 4.17. The molecule has 2 aromatic carbocycles. The van der Waals surface area contributed by atoms with Crippen LogP contribution in [0.15, 0.2) is 82.8 Å². The van der Waals surface area contributed by atoms with Crippen LogP contribution in [0.4, 0.5) is 5.69 Å². The van der Waals surface area contributed by atoms with Crippen LogP contribution in [0.25, 0.3) is 10.9 Å². The van der Waals surface area contributed by atoms with Gasteiger partial charge in [-0.15, -0.1) is 5.10 Å². The van der Waals surface area contributed by atoms with Crippen molar-refractivity contribution in [2.45, 2.75) is 30.9 Å². The number of piperidine rings is 1. The van der Waals surface area contributed by atoms with Gasteiger partial charge in [0.2, 0.25) is 5.90 Å². The van der Waals surface area contributed by atoms with Crippen LogP contribution in [0.2, 0.25) is 0 Å². The summed E-state index contributed by atoms with van der Waals surface area (Å²) < 4.78 is 15.7. The highest BCUT2D eigenvalue weighted by Gasteiger charge is 2.54. The van der Waals surface area contributed by atoms with Crippen LogP contribution in [0.3, 0.4) is 0 Å². The first-order valence-corrected chi connectivity index (χ1v) is 14.8. The molecule has 0 bridgehead atoms. The molecule has 1 saturated heterocycles. The van der Waals surface area contributed by atoms with Crippen LogP contribution in [-0.4, -0.2) is 58.5 Å². The molecule has 42 heavy (non-hydrogen) atoms. The van der Waals surface area contributed by atoms with Crippen molar-refractivity contribution in [1.82, 2.24) is 14.5 Å². The van der Waals surface area contributed by atoms with Crippen molar-refractivity contribution < 1.29 is 19.1 Å². The summed E-state index contributed by atoms with van der Waals surface area (Å²) in [6.45, 7) is 0.964. The van der Waals surface area contributed by atoms with Gasteiger partial charge in [-0.1, -0.05) is 30.3 Å². The van der Waals surface area contributed by atoms with Crippen molar-refractivity contribution in [1.29, 1.82) is 0 Å². The van der Waals surface area contributed by atoms with Gasteiger partial charge in [0.05, 0.1) is 23.9 Å². The molecule has 4 heterocycles. The zero-order chi connectivity index (χ0) is 29.0. The molecule has 0 saturated carbocycles. The fourth-order valence-corrected chi connectivity index (χ4v) is 7.27. The lowest BCUT2D eigenvalue weighted by atomic mass is 9.68. The molecule has 0 unspecified atom stereocenters. The quantitative estimate of drug-likeness (QED) is 0.288. The highest BCUT2D eigenvalue weighted by molar-refractivity contribution is 9.10. The fraction of sp³-hybridized carbons (Fsp3) is 0.312. The Morgan fingerprint density at radius 3 is 2.76 bits per heavy atom. The first-order valence-electron chi connectivity index (χ1n) is 14.0. The SMILES string of the molecule is CN1C[C@H](COC(=O)c2cncc(Br)c2)C[C@]2(OC3=NN(c4ccccc4)C(=O)C3)c3cccc4c3c(cn4C)C[C@@H]12. The summed E-state index contributed by atoms with van der Waals surface area (Å²) >= 11 is 3.37. The van der Waals surface area contributed by atoms with Gasteiger partial charge in [-0.05, 0) is 59.2 Å². The monoisotopic (exact) mass is 627 g/mol. The van der Waals surface area contributed by atoms with Gasteiger partial charge in [0.1, 0.15) is 6.42 Å². The number of para-hydroxylation sites is 1. The van der Waals surface area contributed by atoms with E-state index in [1.54, 1.807) is 12.3 Å². The van der Waals surface area contributed by atoms with Crippen molar-refractivity contribution in [2.24, 2.45) is 18.1 Å². The van der Waals surface area contributed by atoms with E-state index in [2.05, 4.69) is 74.0 Å². The lowest BCUT2D eigenvalue weighted by Crippen LogP contribution is -2.60. The summed E-state index contributed by atoms with van der Waals surface area (Å²) in [5, 5.41) is 7.29. The van der Waals surface area contributed by atoms with Gasteiger partial charge >= 0.3 is 5.97 Å². The molecule has 0 spiro atoms. The second-order valence-electron chi connectivity index (χ2n) is 11.4. The molecule has 9 nitrogen and oxygen atoms in total. The van der Waals surface area contributed by atoms with Crippen molar-refractivity contribution in [3.8, 4) is 0 Å². The van der Waals surface area contributed by atoms with E-state index in [4.69, 9.17) is 9.47 Å². The highest BCUT2D eigenvalue weighted by Crippen LogP contribution is 2.50. The first-order chi connectivity index (χ1) is 20.3. The van der Waals surface area contributed by atoms with Gasteiger partial charge in [-0.2, -0.15) is 5.01 Å². The molecule has 0 N–H and O–H groups in total. The maximum atomic E-state index is 13.1. The minimum atomic E-state index is -0.791. The molecule has 3 aliphatic rings. The molecule has 2 aromatic heterocycles. The summed E-state index contributed by atoms with van der Waals surface area (Å²) in [6, 6.07) is 17.4. The van der Waals surface area contributed by atoms with E-state index in [0.29, 0.717) is 23.6 Å². The number of ether oxygens (including phenoxy) is 2. The predicted molar refractivity (Wildman–Crippen MR) is 162 cm³/mol. The van der Waals surface area contributed by atoms with Crippen LogP contribution in [-0.2, 0) is 33.3 Å². The molecule has 214 valence electrons. The Labute approximate surface area is 251 Å². The summed E-state index contributed by atoms with van der Waals surface area (Å²) in [5.74, 6) is -0.157. The van der Waals surface area contributed by atoms with E-state index in [1.807, 2.05) is 30.3 Å². The van der Waals surface area contributed by atoms with Crippen molar-refractivity contribution in [2.75, 3.05) is 25.2 Å². The molecule has 2 aliphatic heterocycles. The molecule has 1 fully saturated rings. The Hall–Kier alpha value is -4.02. The normalized spacial score (nSPS) is 23.5. The van der Waals surface area contributed by atoms with Gasteiger partial charge in [0, 0.05) is 65.5 Å². The Morgan fingerprint density at radius 2 is 1.95 bits per heavy atom. The largest absolute Gasteiger partial charge is 0.466 e. The third kappa shape index (κ3) is 4.49. The van der Waals surface area contributed by atoms with Gasteiger partial charge < -0.3 is 14.0 Å². The van der Waals surface area contributed by atoms with E-state index in [9.17, 15) is 9.59 Å². The van der Waals surface area contributed by atoms with Crippen LogP contribution >= 0.6 is 15.9 Å². The third-order valence-corrected chi connectivity index (χ3v) is 9.05. The van der Waals surface area contributed by atoms with Gasteiger partial charge in [-0.3, -0.25) is 14.7 Å². The van der Waals surface area contributed by atoms with Crippen LogP contribution in [0.5, 0.6) is 0 Å². The number of benzene rings is 2. The number of likely N-dealkylation sites (N-methyl/N-ethyl adjacent to an activating group) is 1. The predicted octanol–water partition coefficient (Wildman–Crippen LogP) is 5.03. The number of hydrogen-bond donors (Lipinski definition) is 0.